The predicted octanol–water partition coefficient (Wildman–Crippen LogP) is 3.11. The molecule has 5 nitrogen and oxygen atoms in total. The first-order chi connectivity index (χ1) is 10.7. The number of nitrogens with one attached hydrogen (secondary N) is 1. The fourth-order valence-electron chi connectivity index (χ4n) is 2.12. The molecule has 1 aromatic carbocycles. The maximum Gasteiger partial charge on any atom is 0.251 e. The number of hydrogen-bond acceptors (Lipinski definition) is 5. The number of carbonyl (C=O) groups is 1. The Labute approximate surface area is 136 Å². The van der Waals surface area contributed by atoms with E-state index in [0.29, 0.717) is 46.9 Å². The fourth-order valence-corrected chi connectivity index (χ4v) is 3.15. The third kappa shape index (κ3) is 3.13. The Morgan fingerprint density at radius 3 is 2.91 bits per heavy atom. The third-order valence-electron chi connectivity index (χ3n) is 3.14. The molecule has 0 bridgehead atoms. The fraction of sp³-hybridized carbons (Fsp3) is 0.267. The molecule has 1 aromatic heterocycles. The van der Waals surface area contributed by atoms with Gasteiger partial charge in [-0.3, -0.25) is 4.79 Å². The second-order valence-electron chi connectivity index (χ2n) is 4.59. The van der Waals surface area contributed by atoms with Crippen molar-refractivity contribution >= 4 is 28.8 Å². The van der Waals surface area contributed by atoms with Crippen LogP contribution >= 0.6 is 22.9 Å². The molecular formula is C15H14ClNO4S. The number of rotatable bonds is 4. The Morgan fingerprint density at radius 1 is 1.36 bits per heavy atom. The standard InChI is InChI=1S/C15H14ClNO4S/c1-19-11-6-9(7-12-14(11)21-5-4-20-12)15(18)17-8-10-2-3-13(16)22-10/h2-3,6-7H,4-5,8H2,1H3,(H,17,18). The highest BCUT2D eigenvalue weighted by atomic mass is 35.5. The van der Waals surface area contributed by atoms with Crippen LogP contribution in [-0.4, -0.2) is 26.2 Å². The summed E-state index contributed by atoms with van der Waals surface area (Å²) in [5.41, 5.74) is 0.462. The van der Waals surface area contributed by atoms with E-state index in [4.69, 9.17) is 25.8 Å². The molecule has 0 saturated heterocycles. The number of amides is 1. The summed E-state index contributed by atoms with van der Waals surface area (Å²) in [5, 5.41) is 2.85. The Balaban J connectivity index is 1.77. The Bertz CT molecular complexity index is 684. The van der Waals surface area contributed by atoms with Crippen molar-refractivity contribution in [1.82, 2.24) is 5.32 Å². The van der Waals surface area contributed by atoms with Gasteiger partial charge in [0, 0.05) is 10.4 Å². The summed E-state index contributed by atoms with van der Waals surface area (Å²) in [7, 11) is 1.53. The minimum absolute atomic E-state index is 0.209. The summed E-state index contributed by atoms with van der Waals surface area (Å²) in [4.78, 5) is 13.3. The monoisotopic (exact) mass is 339 g/mol. The largest absolute Gasteiger partial charge is 0.493 e. The molecule has 7 heteroatoms. The molecule has 1 aliphatic heterocycles. The normalized spacial score (nSPS) is 12.8. The second kappa shape index (κ2) is 6.46. The van der Waals surface area contributed by atoms with Gasteiger partial charge in [-0.2, -0.15) is 0 Å². The van der Waals surface area contributed by atoms with Crippen LogP contribution in [0.3, 0.4) is 0 Å². The summed E-state index contributed by atoms with van der Waals surface area (Å²) in [6.07, 6.45) is 0. The molecule has 0 radical (unpaired) electrons. The van der Waals surface area contributed by atoms with E-state index in [1.54, 1.807) is 18.2 Å². The Morgan fingerprint density at radius 2 is 2.18 bits per heavy atom. The van der Waals surface area contributed by atoms with Crippen LogP contribution in [0, 0.1) is 0 Å². The second-order valence-corrected chi connectivity index (χ2v) is 6.39. The van der Waals surface area contributed by atoms with Gasteiger partial charge in [0.05, 0.1) is 18.0 Å². The average Bonchev–Trinajstić information content (AvgIpc) is 2.97. The van der Waals surface area contributed by atoms with Crippen LogP contribution < -0.4 is 19.5 Å². The Hall–Kier alpha value is -1.92. The quantitative estimate of drug-likeness (QED) is 0.930. The summed E-state index contributed by atoms with van der Waals surface area (Å²) < 4.78 is 17.0. The lowest BCUT2D eigenvalue weighted by Gasteiger charge is -2.21. The zero-order chi connectivity index (χ0) is 15.5. The van der Waals surface area contributed by atoms with Gasteiger partial charge in [-0.15, -0.1) is 11.3 Å². The van der Waals surface area contributed by atoms with Gasteiger partial charge in [-0.1, -0.05) is 11.6 Å². The summed E-state index contributed by atoms with van der Waals surface area (Å²) in [6, 6.07) is 7.00. The lowest BCUT2D eigenvalue weighted by Crippen LogP contribution is -2.23. The number of halogens is 1. The van der Waals surface area contributed by atoms with E-state index in [1.165, 1.54) is 18.4 Å². The van der Waals surface area contributed by atoms with Crippen LogP contribution in [0.25, 0.3) is 0 Å². The first kappa shape index (κ1) is 15.0. The minimum Gasteiger partial charge on any atom is -0.493 e. The summed E-state index contributed by atoms with van der Waals surface area (Å²) in [6.45, 7) is 1.34. The number of fused-ring (bicyclic) bond motifs is 1. The molecule has 2 heterocycles. The Kier molecular flexibility index (Phi) is 4.40. The number of thiophene rings is 1. The van der Waals surface area contributed by atoms with E-state index in [2.05, 4.69) is 5.32 Å². The molecule has 116 valence electrons. The first-order valence-electron chi connectivity index (χ1n) is 6.67. The minimum atomic E-state index is -0.209. The highest BCUT2D eigenvalue weighted by Crippen LogP contribution is 2.40. The molecule has 1 aliphatic rings. The van der Waals surface area contributed by atoms with Crippen molar-refractivity contribution in [3.63, 3.8) is 0 Å². The average molecular weight is 340 g/mol. The smallest absolute Gasteiger partial charge is 0.251 e. The molecule has 0 fully saturated rings. The van der Waals surface area contributed by atoms with Crippen LogP contribution in [0.1, 0.15) is 15.2 Å². The van der Waals surface area contributed by atoms with Crippen molar-refractivity contribution in [2.24, 2.45) is 0 Å². The van der Waals surface area contributed by atoms with Gasteiger partial charge in [0.2, 0.25) is 5.75 Å². The zero-order valence-corrected chi connectivity index (χ0v) is 13.4. The molecule has 0 spiro atoms. The van der Waals surface area contributed by atoms with Crippen LogP contribution in [-0.2, 0) is 6.54 Å². The molecule has 0 unspecified atom stereocenters. The van der Waals surface area contributed by atoms with Crippen molar-refractivity contribution in [2.75, 3.05) is 20.3 Å². The van der Waals surface area contributed by atoms with Crippen molar-refractivity contribution < 1.29 is 19.0 Å². The van der Waals surface area contributed by atoms with Gasteiger partial charge >= 0.3 is 0 Å². The molecule has 1 N–H and O–H groups in total. The SMILES string of the molecule is COc1cc(C(=O)NCc2ccc(Cl)s2)cc2c1OCCO2. The van der Waals surface area contributed by atoms with E-state index in [-0.39, 0.29) is 5.91 Å². The van der Waals surface area contributed by atoms with Gasteiger partial charge in [-0.05, 0) is 24.3 Å². The van der Waals surface area contributed by atoms with E-state index in [9.17, 15) is 4.79 Å². The summed E-state index contributed by atoms with van der Waals surface area (Å²) >= 11 is 7.31. The van der Waals surface area contributed by atoms with E-state index >= 15 is 0 Å². The first-order valence-corrected chi connectivity index (χ1v) is 7.87. The number of carbonyl (C=O) groups excluding carboxylic acids is 1. The highest BCUT2D eigenvalue weighted by Gasteiger charge is 2.20. The van der Waals surface area contributed by atoms with E-state index < -0.39 is 0 Å². The van der Waals surface area contributed by atoms with Crippen LogP contribution in [0.2, 0.25) is 4.34 Å². The summed E-state index contributed by atoms with van der Waals surface area (Å²) in [5.74, 6) is 1.34. The molecule has 22 heavy (non-hydrogen) atoms. The van der Waals surface area contributed by atoms with Crippen molar-refractivity contribution in [1.29, 1.82) is 0 Å². The highest BCUT2D eigenvalue weighted by molar-refractivity contribution is 7.16. The van der Waals surface area contributed by atoms with Crippen molar-refractivity contribution in [2.45, 2.75) is 6.54 Å². The molecule has 0 aliphatic carbocycles. The van der Waals surface area contributed by atoms with Crippen LogP contribution in [0.15, 0.2) is 24.3 Å². The molecule has 2 aromatic rings. The van der Waals surface area contributed by atoms with E-state index in [0.717, 1.165) is 4.88 Å². The number of ether oxygens (including phenoxy) is 3. The lowest BCUT2D eigenvalue weighted by molar-refractivity contribution is 0.0949. The topological polar surface area (TPSA) is 56.8 Å². The molecular weight excluding hydrogens is 326 g/mol. The van der Waals surface area contributed by atoms with Gasteiger partial charge in [-0.25, -0.2) is 0 Å². The maximum absolute atomic E-state index is 12.3. The number of methoxy groups -OCH3 is 1. The number of hydrogen-bond donors (Lipinski definition) is 1. The van der Waals surface area contributed by atoms with Gasteiger partial charge in [0.1, 0.15) is 13.2 Å². The molecule has 0 atom stereocenters. The molecule has 3 rings (SSSR count). The van der Waals surface area contributed by atoms with Crippen molar-refractivity contribution in [3.05, 3.63) is 39.0 Å². The van der Waals surface area contributed by atoms with Gasteiger partial charge in [0.25, 0.3) is 5.91 Å². The molecule has 1 amide bonds. The van der Waals surface area contributed by atoms with Crippen LogP contribution in [0.5, 0.6) is 17.2 Å². The van der Waals surface area contributed by atoms with Gasteiger partial charge in [0.15, 0.2) is 11.5 Å². The van der Waals surface area contributed by atoms with Gasteiger partial charge < -0.3 is 19.5 Å². The van der Waals surface area contributed by atoms with E-state index in [1.807, 2.05) is 6.07 Å². The lowest BCUT2D eigenvalue weighted by atomic mass is 10.1. The maximum atomic E-state index is 12.3. The van der Waals surface area contributed by atoms with Crippen LogP contribution in [0.4, 0.5) is 0 Å². The zero-order valence-electron chi connectivity index (χ0n) is 11.8. The predicted molar refractivity (Wildman–Crippen MR) is 84.5 cm³/mol. The molecule has 0 saturated carbocycles. The van der Waals surface area contributed by atoms with Crippen molar-refractivity contribution in [3.8, 4) is 17.2 Å². The third-order valence-corrected chi connectivity index (χ3v) is 4.37. The number of benzene rings is 1.